The lowest BCUT2D eigenvalue weighted by Gasteiger charge is -2.38. The van der Waals surface area contributed by atoms with Crippen molar-refractivity contribution < 1.29 is 9.47 Å². The lowest BCUT2D eigenvalue weighted by molar-refractivity contribution is -0.207. The monoisotopic (exact) mass is 344 g/mol. The molecule has 0 amide bonds. The van der Waals surface area contributed by atoms with Crippen LogP contribution in [0.3, 0.4) is 0 Å². The van der Waals surface area contributed by atoms with Crippen molar-refractivity contribution >= 4 is 0 Å². The van der Waals surface area contributed by atoms with Crippen LogP contribution in [0.15, 0.2) is 30.3 Å². The van der Waals surface area contributed by atoms with Gasteiger partial charge < -0.3 is 14.8 Å². The molecule has 2 aliphatic rings. The number of ether oxygens (including phenoxy) is 2. The molecule has 1 atom stereocenters. The molecule has 138 valence electrons. The highest BCUT2D eigenvalue weighted by molar-refractivity contribution is 5.24. The summed E-state index contributed by atoms with van der Waals surface area (Å²) in [4.78, 5) is 0. The molecule has 1 saturated heterocycles. The van der Waals surface area contributed by atoms with Crippen molar-refractivity contribution in [1.82, 2.24) is 5.32 Å². The normalized spacial score (nSPS) is 21.0. The predicted octanol–water partition coefficient (Wildman–Crippen LogP) is 4.23. The third-order valence-electron chi connectivity index (χ3n) is 5.14. The van der Waals surface area contributed by atoms with Gasteiger partial charge in [-0.25, -0.2) is 0 Å². The summed E-state index contributed by atoms with van der Waals surface area (Å²) in [5.74, 6) is -0.00191. The highest BCUT2D eigenvalue weighted by Crippen LogP contribution is 2.42. The van der Waals surface area contributed by atoms with Gasteiger partial charge in [-0.2, -0.15) is 5.26 Å². The zero-order valence-corrected chi connectivity index (χ0v) is 15.7. The number of nitriles is 1. The summed E-state index contributed by atoms with van der Waals surface area (Å²) in [6.07, 6.45) is 7.91. The third kappa shape index (κ3) is 5.54. The molecule has 1 aliphatic carbocycles. The van der Waals surface area contributed by atoms with Gasteiger partial charge in [0.15, 0.2) is 5.79 Å². The Balaban J connectivity index is 0.000000701. The van der Waals surface area contributed by atoms with Crippen molar-refractivity contribution in [3.63, 3.8) is 0 Å². The number of nitrogens with zero attached hydrogens (tertiary/aromatic N) is 1. The van der Waals surface area contributed by atoms with Crippen LogP contribution in [0.2, 0.25) is 0 Å². The van der Waals surface area contributed by atoms with Crippen LogP contribution in [-0.4, -0.2) is 33.1 Å². The Bertz CT molecular complexity index is 514. The van der Waals surface area contributed by atoms with Gasteiger partial charge >= 0.3 is 0 Å². The lowest BCUT2D eigenvalue weighted by atomic mass is 9.79. The quantitative estimate of drug-likeness (QED) is 0.868. The van der Waals surface area contributed by atoms with Gasteiger partial charge in [0.05, 0.1) is 25.2 Å². The van der Waals surface area contributed by atoms with Gasteiger partial charge in [0.25, 0.3) is 0 Å². The molecule has 1 aromatic rings. The van der Waals surface area contributed by atoms with E-state index >= 15 is 0 Å². The number of hydrogen-bond donors (Lipinski definition) is 1. The summed E-state index contributed by atoms with van der Waals surface area (Å²) in [5, 5.41) is 12.3. The third-order valence-corrected chi connectivity index (χ3v) is 5.14. The molecule has 25 heavy (non-hydrogen) atoms. The maximum Gasteiger partial charge on any atom is 0.171 e. The first-order chi connectivity index (χ1) is 12.3. The van der Waals surface area contributed by atoms with E-state index in [1.807, 2.05) is 44.4 Å². The maximum atomic E-state index is 9.52. The Kier molecular flexibility index (Phi) is 8.40. The minimum atomic E-state index is -0.426. The van der Waals surface area contributed by atoms with Crippen molar-refractivity contribution in [3.8, 4) is 6.07 Å². The fraction of sp³-hybridized carbons (Fsp3) is 0.667. The van der Waals surface area contributed by atoms with Crippen molar-refractivity contribution in [2.45, 2.75) is 56.7 Å². The Morgan fingerprint density at radius 2 is 1.72 bits per heavy atom. The first kappa shape index (κ1) is 19.9. The molecule has 1 aliphatic heterocycles. The molecule has 4 heteroatoms. The van der Waals surface area contributed by atoms with Crippen molar-refractivity contribution in [1.29, 1.82) is 5.26 Å². The van der Waals surface area contributed by atoms with Crippen LogP contribution in [0.4, 0.5) is 0 Å². The Morgan fingerprint density at radius 3 is 2.28 bits per heavy atom. The average molecular weight is 344 g/mol. The number of benzene rings is 1. The van der Waals surface area contributed by atoms with E-state index in [1.54, 1.807) is 0 Å². The van der Waals surface area contributed by atoms with Crippen molar-refractivity contribution in [2.24, 2.45) is 5.92 Å². The summed E-state index contributed by atoms with van der Waals surface area (Å²) in [6, 6.07) is 12.5. The molecule has 1 heterocycles. The van der Waals surface area contributed by atoms with Gasteiger partial charge in [0.2, 0.25) is 0 Å². The smallest absolute Gasteiger partial charge is 0.171 e. The molecule has 3 rings (SSSR count). The molecule has 1 unspecified atom stereocenters. The first-order valence-corrected chi connectivity index (χ1v) is 9.56. The van der Waals surface area contributed by atoms with E-state index in [1.165, 1.54) is 32.1 Å². The fourth-order valence-electron chi connectivity index (χ4n) is 3.93. The summed E-state index contributed by atoms with van der Waals surface area (Å²) in [5.41, 5.74) is 1.10. The van der Waals surface area contributed by atoms with E-state index in [-0.39, 0.29) is 5.92 Å². The van der Waals surface area contributed by atoms with Crippen LogP contribution < -0.4 is 5.32 Å². The summed E-state index contributed by atoms with van der Waals surface area (Å²) >= 11 is 0. The highest BCUT2D eigenvalue weighted by Gasteiger charge is 2.44. The molecule has 4 nitrogen and oxygen atoms in total. The van der Waals surface area contributed by atoms with Gasteiger partial charge in [0, 0.05) is 12.3 Å². The molecule has 0 aromatic heterocycles. The molecule has 1 aromatic carbocycles. The number of hydrogen-bond acceptors (Lipinski definition) is 4. The van der Waals surface area contributed by atoms with Crippen molar-refractivity contribution in [2.75, 3.05) is 27.3 Å². The lowest BCUT2D eigenvalue weighted by Crippen LogP contribution is -2.40. The summed E-state index contributed by atoms with van der Waals surface area (Å²) in [7, 11) is 3.75. The zero-order chi connectivity index (χ0) is 18.0. The van der Waals surface area contributed by atoms with Gasteiger partial charge in [0.1, 0.15) is 0 Å². The minimum absolute atomic E-state index is 0.0746. The van der Waals surface area contributed by atoms with E-state index in [0.29, 0.717) is 19.1 Å². The standard InChI is InChI=1S/C19H25NO2.C2H7N/c20-15-17(16-7-3-1-4-8-16)11-12-19(21-13-14-22-19)18-9-5-2-6-10-18;1-3-2/h1,3-4,7-8,17-18H,2,5-6,9-14H2;3H,1-2H3. The topological polar surface area (TPSA) is 54.3 Å². The first-order valence-electron chi connectivity index (χ1n) is 9.56. The second-order valence-corrected chi connectivity index (χ2v) is 6.97. The largest absolute Gasteiger partial charge is 0.347 e. The zero-order valence-electron chi connectivity index (χ0n) is 15.7. The second-order valence-electron chi connectivity index (χ2n) is 6.97. The van der Waals surface area contributed by atoms with Gasteiger partial charge in [-0.05, 0) is 38.9 Å². The molecule has 1 N–H and O–H groups in total. The van der Waals surface area contributed by atoms with E-state index < -0.39 is 5.79 Å². The van der Waals surface area contributed by atoms with Gasteiger partial charge in [-0.15, -0.1) is 0 Å². The van der Waals surface area contributed by atoms with E-state index in [4.69, 9.17) is 9.47 Å². The minimum Gasteiger partial charge on any atom is -0.347 e. The molecular formula is C21H32N2O2. The number of nitrogens with one attached hydrogen (secondary N) is 1. The van der Waals surface area contributed by atoms with Gasteiger partial charge in [-0.3, -0.25) is 0 Å². The molecule has 1 saturated carbocycles. The van der Waals surface area contributed by atoms with Crippen molar-refractivity contribution in [3.05, 3.63) is 35.9 Å². The molecule has 0 spiro atoms. The fourth-order valence-corrected chi connectivity index (χ4v) is 3.93. The molecule has 2 fully saturated rings. The summed E-state index contributed by atoms with van der Waals surface area (Å²) in [6.45, 7) is 1.39. The van der Waals surface area contributed by atoms with Crippen LogP contribution >= 0.6 is 0 Å². The molecule has 0 radical (unpaired) electrons. The van der Waals surface area contributed by atoms with E-state index in [9.17, 15) is 5.26 Å². The summed E-state index contributed by atoms with van der Waals surface area (Å²) < 4.78 is 12.2. The van der Waals surface area contributed by atoms with Gasteiger partial charge in [-0.1, -0.05) is 49.6 Å². The number of rotatable bonds is 5. The predicted molar refractivity (Wildman–Crippen MR) is 100 cm³/mol. The molecular weight excluding hydrogens is 312 g/mol. The SMILES string of the molecule is CNC.N#CC(CCC1(C2CCCCC2)OCCO1)c1ccccc1. The van der Waals surface area contributed by atoms with Crippen LogP contribution in [0.1, 0.15) is 56.4 Å². The highest BCUT2D eigenvalue weighted by atomic mass is 16.7. The van der Waals surface area contributed by atoms with Crippen LogP contribution in [0.25, 0.3) is 0 Å². The molecule has 0 bridgehead atoms. The van der Waals surface area contributed by atoms with Crippen LogP contribution in [0, 0.1) is 17.2 Å². The van der Waals surface area contributed by atoms with E-state index in [2.05, 4.69) is 11.4 Å². The van der Waals surface area contributed by atoms with Crippen LogP contribution in [-0.2, 0) is 9.47 Å². The Morgan fingerprint density at radius 1 is 1.12 bits per heavy atom. The average Bonchev–Trinajstić information content (AvgIpc) is 3.15. The van der Waals surface area contributed by atoms with E-state index in [0.717, 1.165) is 18.4 Å². The Labute approximate surface area is 152 Å². The maximum absolute atomic E-state index is 9.52. The second kappa shape index (κ2) is 10.6. The Hall–Kier alpha value is -1.41. The van der Waals surface area contributed by atoms with Crippen LogP contribution in [0.5, 0.6) is 0 Å².